The molecular weight excluding hydrogens is 326 g/mol. The number of hydrogen-bond acceptors (Lipinski definition) is 4. The van der Waals surface area contributed by atoms with E-state index < -0.39 is 0 Å². The van der Waals surface area contributed by atoms with E-state index in [1.165, 1.54) is 0 Å². The van der Waals surface area contributed by atoms with Crippen LogP contribution < -0.4 is 10.6 Å². The van der Waals surface area contributed by atoms with Crippen LogP contribution >= 0.6 is 11.6 Å². The molecule has 1 unspecified atom stereocenters. The predicted molar refractivity (Wildman–Crippen MR) is 93.7 cm³/mol. The highest BCUT2D eigenvalue weighted by molar-refractivity contribution is 6.32. The molecule has 2 aromatic rings. The number of carbonyl (C=O) groups excluding carboxylic acids is 1. The molecule has 0 saturated carbocycles. The maximum atomic E-state index is 12.5. The highest BCUT2D eigenvalue weighted by Gasteiger charge is 2.21. The second-order valence-corrected chi connectivity index (χ2v) is 6.39. The summed E-state index contributed by atoms with van der Waals surface area (Å²) in [7, 11) is 0. The van der Waals surface area contributed by atoms with E-state index in [0.29, 0.717) is 5.02 Å². The monoisotopic (exact) mass is 347 g/mol. The zero-order valence-electron chi connectivity index (χ0n) is 13.8. The Kier molecular flexibility index (Phi) is 5.48. The molecule has 0 bridgehead atoms. The van der Waals surface area contributed by atoms with Crippen molar-refractivity contribution < 1.29 is 4.79 Å². The Hall–Kier alpha value is -1.92. The second kappa shape index (κ2) is 7.77. The number of benzene rings is 1. The molecule has 0 radical (unpaired) electrons. The zero-order valence-corrected chi connectivity index (χ0v) is 14.5. The van der Waals surface area contributed by atoms with Crippen molar-refractivity contribution in [3.63, 3.8) is 0 Å². The van der Waals surface area contributed by atoms with E-state index in [-0.39, 0.29) is 17.8 Å². The van der Waals surface area contributed by atoms with Gasteiger partial charge in [-0.2, -0.15) is 0 Å². The van der Waals surface area contributed by atoms with Crippen molar-refractivity contribution in [1.29, 1.82) is 0 Å². The molecule has 0 spiro atoms. The lowest BCUT2D eigenvalue weighted by atomic mass is 10.1. The molecule has 2 heterocycles. The van der Waals surface area contributed by atoms with E-state index in [0.717, 1.165) is 50.3 Å². The van der Waals surface area contributed by atoms with Crippen LogP contribution in [0, 0.1) is 0 Å². The molecule has 6 nitrogen and oxygen atoms in total. The minimum atomic E-state index is -0.230. The fourth-order valence-electron chi connectivity index (χ4n) is 2.87. The lowest BCUT2D eigenvalue weighted by Crippen LogP contribution is -2.45. The van der Waals surface area contributed by atoms with Gasteiger partial charge in [-0.25, -0.2) is 9.67 Å². The van der Waals surface area contributed by atoms with E-state index in [9.17, 15) is 4.79 Å². The van der Waals surface area contributed by atoms with Crippen LogP contribution in [0.4, 0.5) is 0 Å². The average Bonchev–Trinajstić information content (AvgIpc) is 3.00. The van der Waals surface area contributed by atoms with Gasteiger partial charge in [0.15, 0.2) is 0 Å². The molecule has 1 aliphatic rings. The average molecular weight is 348 g/mol. The van der Waals surface area contributed by atoms with Crippen LogP contribution in [-0.2, 0) is 6.42 Å². The highest BCUT2D eigenvalue weighted by atomic mass is 35.5. The van der Waals surface area contributed by atoms with Gasteiger partial charge < -0.3 is 10.6 Å². The van der Waals surface area contributed by atoms with Crippen LogP contribution in [0.15, 0.2) is 24.3 Å². The number of rotatable bonds is 5. The summed E-state index contributed by atoms with van der Waals surface area (Å²) in [6.45, 7) is 3.87. The third-order valence-electron chi connectivity index (χ3n) is 4.06. The number of carbonyl (C=O) groups is 1. The minimum Gasteiger partial charge on any atom is -0.345 e. The van der Waals surface area contributed by atoms with Crippen molar-refractivity contribution in [1.82, 2.24) is 25.4 Å². The van der Waals surface area contributed by atoms with Crippen molar-refractivity contribution in [3.8, 4) is 5.69 Å². The molecule has 1 amide bonds. The van der Waals surface area contributed by atoms with Crippen LogP contribution in [0.25, 0.3) is 5.69 Å². The number of aromatic nitrogens is 3. The first-order chi connectivity index (χ1) is 11.7. The van der Waals surface area contributed by atoms with Gasteiger partial charge in [0.25, 0.3) is 5.91 Å². The molecule has 1 aliphatic heterocycles. The number of nitrogens with zero attached hydrogens (tertiary/aromatic N) is 3. The quantitative estimate of drug-likeness (QED) is 0.871. The highest BCUT2D eigenvalue weighted by Crippen LogP contribution is 2.21. The molecule has 1 saturated heterocycles. The molecular formula is C17H22ClN5O. The van der Waals surface area contributed by atoms with Gasteiger partial charge in [0, 0.05) is 19.0 Å². The Morgan fingerprint density at radius 2 is 2.29 bits per heavy atom. The Morgan fingerprint density at radius 1 is 1.46 bits per heavy atom. The Labute approximate surface area is 146 Å². The van der Waals surface area contributed by atoms with Gasteiger partial charge in [0.05, 0.1) is 10.7 Å². The Balaban J connectivity index is 1.85. The number of amides is 1. The number of halogens is 1. The minimum absolute atomic E-state index is 0.133. The number of aryl methyl sites for hydroxylation is 1. The maximum Gasteiger partial charge on any atom is 0.291 e. The van der Waals surface area contributed by atoms with E-state index in [2.05, 4.69) is 27.6 Å². The topological polar surface area (TPSA) is 71.8 Å². The van der Waals surface area contributed by atoms with Crippen LogP contribution in [0.3, 0.4) is 0 Å². The van der Waals surface area contributed by atoms with Gasteiger partial charge >= 0.3 is 0 Å². The van der Waals surface area contributed by atoms with E-state index >= 15 is 0 Å². The maximum absolute atomic E-state index is 12.5. The number of para-hydroxylation sites is 1. The Bertz CT molecular complexity index is 709. The van der Waals surface area contributed by atoms with Crippen molar-refractivity contribution in [2.45, 2.75) is 38.6 Å². The van der Waals surface area contributed by atoms with Crippen LogP contribution in [-0.4, -0.2) is 39.8 Å². The summed E-state index contributed by atoms with van der Waals surface area (Å²) in [6, 6.07) is 7.58. The molecule has 1 aromatic carbocycles. The van der Waals surface area contributed by atoms with Gasteiger partial charge in [-0.05, 0) is 37.9 Å². The largest absolute Gasteiger partial charge is 0.345 e. The zero-order chi connectivity index (χ0) is 16.9. The molecule has 24 heavy (non-hydrogen) atoms. The fraction of sp³-hybridized carbons (Fsp3) is 0.471. The van der Waals surface area contributed by atoms with Crippen LogP contribution in [0.5, 0.6) is 0 Å². The van der Waals surface area contributed by atoms with Gasteiger partial charge in [0.1, 0.15) is 5.82 Å². The first-order valence-corrected chi connectivity index (χ1v) is 8.79. The van der Waals surface area contributed by atoms with Crippen molar-refractivity contribution in [2.24, 2.45) is 0 Å². The van der Waals surface area contributed by atoms with Crippen LogP contribution in [0.1, 0.15) is 42.6 Å². The SMILES string of the molecule is CCCc1nc(C(=O)NC2CCCNC2)nn1-c1ccccc1Cl. The molecule has 1 aromatic heterocycles. The molecule has 3 rings (SSSR count). The van der Waals surface area contributed by atoms with Crippen molar-refractivity contribution in [3.05, 3.63) is 40.9 Å². The van der Waals surface area contributed by atoms with Crippen LogP contribution in [0.2, 0.25) is 5.02 Å². The van der Waals surface area contributed by atoms with Gasteiger partial charge in [-0.1, -0.05) is 30.7 Å². The summed E-state index contributed by atoms with van der Waals surface area (Å²) in [5.74, 6) is 0.716. The summed E-state index contributed by atoms with van der Waals surface area (Å²) >= 11 is 6.28. The van der Waals surface area contributed by atoms with E-state index in [1.807, 2.05) is 24.3 Å². The Morgan fingerprint density at radius 3 is 3.00 bits per heavy atom. The van der Waals surface area contributed by atoms with E-state index in [1.54, 1.807) is 4.68 Å². The molecule has 128 valence electrons. The summed E-state index contributed by atoms with van der Waals surface area (Å²) in [5, 5.41) is 11.3. The number of piperidine rings is 1. The fourth-order valence-corrected chi connectivity index (χ4v) is 3.08. The third kappa shape index (κ3) is 3.76. The summed E-state index contributed by atoms with van der Waals surface area (Å²) in [5.41, 5.74) is 0.744. The first-order valence-electron chi connectivity index (χ1n) is 8.41. The normalized spacial score (nSPS) is 17.7. The lowest BCUT2D eigenvalue weighted by Gasteiger charge is -2.23. The first kappa shape index (κ1) is 16.9. The molecule has 2 N–H and O–H groups in total. The van der Waals surface area contributed by atoms with Gasteiger partial charge in [-0.15, -0.1) is 5.10 Å². The second-order valence-electron chi connectivity index (χ2n) is 5.98. The molecule has 1 atom stereocenters. The smallest absolute Gasteiger partial charge is 0.291 e. The van der Waals surface area contributed by atoms with Crippen molar-refractivity contribution in [2.75, 3.05) is 13.1 Å². The summed E-state index contributed by atoms with van der Waals surface area (Å²) in [4.78, 5) is 16.9. The standard InChI is InChI=1S/C17H22ClN5O/c1-2-6-15-21-16(17(24)20-12-7-5-10-19-11-12)22-23(15)14-9-4-3-8-13(14)18/h3-4,8-9,12,19H,2,5-7,10-11H2,1H3,(H,20,24). The number of nitrogens with one attached hydrogen (secondary N) is 2. The number of hydrogen-bond donors (Lipinski definition) is 2. The molecule has 7 heteroatoms. The summed E-state index contributed by atoms with van der Waals surface area (Å²) in [6.07, 6.45) is 3.69. The van der Waals surface area contributed by atoms with Gasteiger partial charge in [-0.3, -0.25) is 4.79 Å². The lowest BCUT2D eigenvalue weighted by molar-refractivity contribution is 0.0920. The molecule has 1 fully saturated rings. The van der Waals surface area contributed by atoms with Crippen molar-refractivity contribution >= 4 is 17.5 Å². The molecule has 0 aliphatic carbocycles. The van der Waals surface area contributed by atoms with Gasteiger partial charge in [0.2, 0.25) is 5.82 Å². The predicted octanol–water partition coefficient (Wildman–Crippen LogP) is 2.36. The summed E-state index contributed by atoms with van der Waals surface area (Å²) < 4.78 is 1.68. The third-order valence-corrected chi connectivity index (χ3v) is 4.38. The van der Waals surface area contributed by atoms with E-state index in [4.69, 9.17) is 11.6 Å².